The minimum atomic E-state index is -0.136. The van der Waals surface area contributed by atoms with E-state index in [0.29, 0.717) is 12.2 Å². The molecule has 0 fully saturated rings. The fraction of sp³-hybridized carbons (Fsp3) is 0.200. The van der Waals surface area contributed by atoms with Crippen molar-refractivity contribution in [2.75, 3.05) is 6.54 Å². The van der Waals surface area contributed by atoms with E-state index in [0.717, 1.165) is 38.8 Å². The lowest BCUT2D eigenvalue weighted by atomic mass is 10.1. The molecule has 0 atom stereocenters. The van der Waals surface area contributed by atoms with Crippen molar-refractivity contribution in [3.05, 3.63) is 53.0 Å². The predicted molar refractivity (Wildman–Crippen MR) is 104 cm³/mol. The van der Waals surface area contributed by atoms with E-state index in [9.17, 15) is 4.79 Å². The van der Waals surface area contributed by atoms with Gasteiger partial charge in [-0.15, -0.1) is 11.3 Å². The number of carbonyl (C=O) groups is 1. The molecule has 1 aromatic carbocycles. The number of benzene rings is 1. The summed E-state index contributed by atoms with van der Waals surface area (Å²) < 4.78 is 0. The Bertz CT molecular complexity index is 1080. The van der Waals surface area contributed by atoms with Crippen LogP contribution in [0.15, 0.2) is 42.5 Å². The number of fused-ring (bicyclic) bond motifs is 3. The summed E-state index contributed by atoms with van der Waals surface area (Å²) in [6.07, 6.45) is 0.997. The molecule has 0 spiro atoms. The Kier molecular flexibility index (Phi) is 4.01. The number of H-pyrrole nitrogens is 1. The maximum absolute atomic E-state index is 12.4. The fourth-order valence-electron chi connectivity index (χ4n) is 3.09. The number of carbonyl (C=O) groups excluding carboxylic acids is 1. The minimum Gasteiger partial charge on any atom is -0.353 e. The number of hydrogen-bond donors (Lipinski definition) is 2. The highest BCUT2D eigenvalue weighted by Gasteiger charge is 2.17. The van der Waals surface area contributed by atoms with Crippen LogP contribution >= 0.6 is 11.3 Å². The number of amides is 1. The Labute approximate surface area is 149 Å². The monoisotopic (exact) mass is 349 g/mol. The Morgan fingerprint density at radius 2 is 2.00 bits per heavy atom. The molecule has 126 valence electrons. The molecule has 0 aliphatic carbocycles. The van der Waals surface area contributed by atoms with Gasteiger partial charge in [-0.1, -0.05) is 25.1 Å². The second-order valence-electron chi connectivity index (χ2n) is 5.93. The lowest BCUT2D eigenvalue weighted by Crippen LogP contribution is -2.23. The molecule has 5 heteroatoms. The predicted octanol–water partition coefficient (Wildman–Crippen LogP) is 4.76. The second kappa shape index (κ2) is 6.33. The molecule has 0 saturated carbocycles. The Morgan fingerprint density at radius 1 is 1.16 bits per heavy atom. The molecular weight excluding hydrogens is 330 g/mol. The SMILES string of the molecule is CCNC(=O)c1cc2c([nH]c3ccccc32)c(-c2ccc(CC)s2)n1. The largest absolute Gasteiger partial charge is 0.353 e. The number of pyridine rings is 1. The molecule has 2 N–H and O–H groups in total. The smallest absolute Gasteiger partial charge is 0.269 e. The van der Waals surface area contributed by atoms with E-state index in [1.54, 1.807) is 11.3 Å². The number of hydrogen-bond acceptors (Lipinski definition) is 3. The van der Waals surface area contributed by atoms with Crippen molar-refractivity contribution >= 4 is 39.0 Å². The first kappa shape index (κ1) is 15.8. The van der Waals surface area contributed by atoms with E-state index in [1.165, 1.54) is 4.88 Å². The van der Waals surface area contributed by atoms with Gasteiger partial charge in [-0.05, 0) is 37.6 Å². The van der Waals surface area contributed by atoms with Crippen LogP contribution < -0.4 is 5.32 Å². The second-order valence-corrected chi connectivity index (χ2v) is 7.10. The van der Waals surface area contributed by atoms with Gasteiger partial charge in [0.25, 0.3) is 5.91 Å². The average molecular weight is 349 g/mol. The number of aryl methyl sites for hydroxylation is 1. The van der Waals surface area contributed by atoms with Gasteiger partial charge in [0, 0.05) is 27.7 Å². The molecule has 4 aromatic rings. The van der Waals surface area contributed by atoms with Gasteiger partial charge in [0.15, 0.2) is 0 Å². The molecule has 0 aliphatic heterocycles. The molecule has 0 bridgehead atoms. The molecule has 0 saturated heterocycles. The lowest BCUT2D eigenvalue weighted by Gasteiger charge is -2.06. The van der Waals surface area contributed by atoms with E-state index in [4.69, 9.17) is 4.98 Å². The molecule has 3 heterocycles. The maximum Gasteiger partial charge on any atom is 0.269 e. The summed E-state index contributed by atoms with van der Waals surface area (Å²) in [5.41, 5.74) is 3.35. The van der Waals surface area contributed by atoms with Crippen LogP contribution in [-0.4, -0.2) is 22.4 Å². The first-order chi connectivity index (χ1) is 12.2. The topological polar surface area (TPSA) is 57.8 Å². The van der Waals surface area contributed by atoms with Crippen LogP contribution in [0.25, 0.3) is 32.4 Å². The van der Waals surface area contributed by atoms with Crippen LogP contribution in [-0.2, 0) is 6.42 Å². The third-order valence-corrected chi connectivity index (χ3v) is 5.55. The van der Waals surface area contributed by atoms with Crippen LogP contribution in [0.4, 0.5) is 0 Å². The van der Waals surface area contributed by atoms with Gasteiger partial charge in [0.1, 0.15) is 11.4 Å². The summed E-state index contributed by atoms with van der Waals surface area (Å²) in [6, 6.07) is 14.3. The summed E-state index contributed by atoms with van der Waals surface area (Å²) >= 11 is 1.73. The summed E-state index contributed by atoms with van der Waals surface area (Å²) in [4.78, 5) is 23.0. The number of aromatic amines is 1. The van der Waals surface area contributed by atoms with Crippen LogP contribution in [0.5, 0.6) is 0 Å². The number of rotatable bonds is 4. The lowest BCUT2D eigenvalue weighted by molar-refractivity contribution is 0.0951. The van der Waals surface area contributed by atoms with E-state index in [2.05, 4.69) is 41.5 Å². The molecule has 0 aliphatic rings. The highest BCUT2D eigenvalue weighted by atomic mass is 32.1. The Hall–Kier alpha value is -2.66. The maximum atomic E-state index is 12.4. The van der Waals surface area contributed by atoms with E-state index < -0.39 is 0 Å². The van der Waals surface area contributed by atoms with Crippen molar-refractivity contribution in [3.63, 3.8) is 0 Å². The van der Waals surface area contributed by atoms with Crippen molar-refractivity contribution in [2.45, 2.75) is 20.3 Å². The van der Waals surface area contributed by atoms with Crippen LogP contribution in [0, 0.1) is 0 Å². The molecule has 0 unspecified atom stereocenters. The van der Waals surface area contributed by atoms with Gasteiger partial charge >= 0.3 is 0 Å². The first-order valence-corrected chi connectivity index (χ1v) is 9.31. The first-order valence-electron chi connectivity index (χ1n) is 8.50. The fourth-order valence-corrected chi connectivity index (χ4v) is 4.03. The van der Waals surface area contributed by atoms with E-state index in [-0.39, 0.29) is 5.91 Å². The standard InChI is InChI=1S/C20H19N3OS/c1-3-12-9-10-17(25-12)19-18-14(11-16(23-19)20(24)21-4-2)13-7-5-6-8-15(13)22-18/h5-11,22H,3-4H2,1-2H3,(H,21,24). The number of nitrogens with zero attached hydrogens (tertiary/aromatic N) is 1. The quantitative estimate of drug-likeness (QED) is 0.558. The zero-order valence-electron chi connectivity index (χ0n) is 14.2. The third kappa shape index (κ3) is 2.70. The van der Waals surface area contributed by atoms with Gasteiger partial charge < -0.3 is 10.3 Å². The molecule has 0 radical (unpaired) electrons. The molecular formula is C20H19N3OS. The van der Waals surface area contributed by atoms with Crippen LogP contribution in [0.2, 0.25) is 0 Å². The van der Waals surface area contributed by atoms with Crippen molar-refractivity contribution in [2.24, 2.45) is 0 Å². The minimum absolute atomic E-state index is 0.136. The van der Waals surface area contributed by atoms with Gasteiger partial charge in [-0.25, -0.2) is 4.98 Å². The Morgan fingerprint density at radius 3 is 2.76 bits per heavy atom. The zero-order chi connectivity index (χ0) is 17.4. The van der Waals surface area contributed by atoms with Gasteiger partial charge in [-0.2, -0.15) is 0 Å². The van der Waals surface area contributed by atoms with Gasteiger partial charge in [-0.3, -0.25) is 4.79 Å². The van der Waals surface area contributed by atoms with Crippen molar-refractivity contribution in [1.29, 1.82) is 0 Å². The summed E-state index contributed by atoms with van der Waals surface area (Å²) in [6.45, 7) is 4.64. The van der Waals surface area contributed by atoms with Crippen molar-refractivity contribution in [3.8, 4) is 10.6 Å². The number of aromatic nitrogens is 2. The molecule has 4 nitrogen and oxygen atoms in total. The summed E-state index contributed by atoms with van der Waals surface area (Å²) in [5.74, 6) is -0.136. The Balaban J connectivity index is 2.02. The average Bonchev–Trinajstić information content (AvgIpc) is 3.25. The van der Waals surface area contributed by atoms with Gasteiger partial charge in [0.2, 0.25) is 0 Å². The number of para-hydroxylation sites is 1. The number of nitrogens with one attached hydrogen (secondary N) is 2. The molecule has 3 aromatic heterocycles. The van der Waals surface area contributed by atoms with Crippen molar-refractivity contribution in [1.82, 2.24) is 15.3 Å². The van der Waals surface area contributed by atoms with E-state index >= 15 is 0 Å². The summed E-state index contributed by atoms with van der Waals surface area (Å²) in [7, 11) is 0. The summed E-state index contributed by atoms with van der Waals surface area (Å²) in [5, 5.41) is 5.00. The molecule has 25 heavy (non-hydrogen) atoms. The van der Waals surface area contributed by atoms with Gasteiger partial charge in [0.05, 0.1) is 10.4 Å². The molecule has 1 amide bonds. The van der Waals surface area contributed by atoms with Crippen molar-refractivity contribution < 1.29 is 4.79 Å². The molecule has 4 rings (SSSR count). The highest BCUT2D eigenvalue weighted by Crippen LogP contribution is 2.35. The number of thiophene rings is 1. The normalized spacial score (nSPS) is 11.3. The third-order valence-electron chi connectivity index (χ3n) is 4.31. The van der Waals surface area contributed by atoms with Crippen LogP contribution in [0.3, 0.4) is 0 Å². The highest BCUT2D eigenvalue weighted by molar-refractivity contribution is 7.15. The van der Waals surface area contributed by atoms with Crippen LogP contribution in [0.1, 0.15) is 29.2 Å². The zero-order valence-corrected chi connectivity index (χ0v) is 15.0. The van der Waals surface area contributed by atoms with E-state index in [1.807, 2.05) is 25.1 Å².